The Hall–Kier alpha value is -1.35. The van der Waals surface area contributed by atoms with Gasteiger partial charge in [0.1, 0.15) is 0 Å². The molecule has 0 saturated heterocycles. The van der Waals surface area contributed by atoms with Crippen LogP contribution in [0.15, 0.2) is 24.3 Å². The first-order chi connectivity index (χ1) is 9.63. The molecule has 3 heteroatoms. The van der Waals surface area contributed by atoms with E-state index in [0.717, 1.165) is 19.4 Å². The molecule has 1 aliphatic carbocycles. The summed E-state index contributed by atoms with van der Waals surface area (Å²) >= 11 is 0. The predicted molar refractivity (Wildman–Crippen MR) is 80.8 cm³/mol. The highest BCUT2D eigenvalue weighted by Crippen LogP contribution is 2.33. The lowest BCUT2D eigenvalue weighted by Gasteiger charge is -2.30. The van der Waals surface area contributed by atoms with Gasteiger partial charge < -0.3 is 5.11 Å². The molecule has 1 aliphatic rings. The second-order valence-electron chi connectivity index (χ2n) is 5.79. The molecular weight excluding hydrogens is 250 g/mol. The molecule has 0 aromatic heterocycles. The van der Waals surface area contributed by atoms with Crippen molar-refractivity contribution in [2.75, 3.05) is 13.1 Å². The SMILES string of the molecule is CCc1ccc(C(CC)N(CC(=O)O)CC2CC2)cc1. The minimum Gasteiger partial charge on any atom is -0.480 e. The maximum atomic E-state index is 11.1. The van der Waals surface area contributed by atoms with E-state index in [1.54, 1.807) is 0 Å². The number of aliphatic carboxylic acids is 1. The van der Waals surface area contributed by atoms with Crippen LogP contribution in [0.3, 0.4) is 0 Å². The summed E-state index contributed by atoms with van der Waals surface area (Å²) in [5.41, 5.74) is 2.57. The lowest BCUT2D eigenvalue weighted by molar-refractivity contribution is -0.139. The van der Waals surface area contributed by atoms with E-state index < -0.39 is 5.97 Å². The summed E-state index contributed by atoms with van der Waals surface area (Å²) in [6, 6.07) is 8.86. The molecule has 3 nitrogen and oxygen atoms in total. The Bertz CT molecular complexity index is 437. The number of carboxylic acids is 1. The first-order valence-electron chi connectivity index (χ1n) is 7.68. The summed E-state index contributed by atoms with van der Waals surface area (Å²) < 4.78 is 0. The third-order valence-corrected chi connectivity index (χ3v) is 4.13. The zero-order chi connectivity index (χ0) is 14.5. The average Bonchev–Trinajstić information content (AvgIpc) is 3.23. The highest BCUT2D eigenvalue weighted by atomic mass is 16.4. The number of rotatable bonds is 8. The van der Waals surface area contributed by atoms with Crippen LogP contribution in [0.4, 0.5) is 0 Å². The highest BCUT2D eigenvalue weighted by molar-refractivity contribution is 5.69. The van der Waals surface area contributed by atoms with Crippen LogP contribution in [-0.4, -0.2) is 29.1 Å². The van der Waals surface area contributed by atoms with Gasteiger partial charge in [0.05, 0.1) is 6.54 Å². The van der Waals surface area contributed by atoms with Crippen LogP contribution in [0, 0.1) is 5.92 Å². The van der Waals surface area contributed by atoms with Crippen LogP contribution < -0.4 is 0 Å². The smallest absolute Gasteiger partial charge is 0.317 e. The van der Waals surface area contributed by atoms with E-state index in [-0.39, 0.29) is 12.6 Å². The van der Waals surface area contributed by atoms with Crippen molar-refractivity contribution >= 4 is 5.97 Å². The largest absolute Gasteiger partial charge is 0.480 e. The van der Waals surface area contributed by atoms with Crippen molar-refractivity contribution < 1.29 is 9.90 Å². The number of hydrogen-bond donors (Lipinski definition) is 1. The third-order valence-electron chi connectivity index (χ3n) is 4.13. The molecule has 1 fully saturated rings. The quantitative estimate of drug-likeness (QED) is 0.789. The molecule has 1 N–H and O–H groups in total. The van der Waals surface area contributed by atoms with Crippen LogP contribution in [0.25, 0.3) is 0 Å². The maximum Gasteiger partial charge on any atom is 0.317 e. The van der Waals surface area contributed by atoms with Crippen molar-refractivity contribution in [2.24, 2.45) is 5.92 Å². The van der Waals surface area contributed by atoms with Gasteiger partial charge in [0, 0.05) is 12.6 Å². The van der Waals surface area contributed by atoms with Crippen LogP contribution >= 0.6 is 0 Å². The lowest BCUT2D eigenvalue weighted by atomic mass is 10.00. The topological polar surface area (TPSA) is 40.5 Å². The molecule has 110 valence electrons. The lowest BCUT2D eigenvalue weighted by Crippen LogP contribution is -2.35. The average molecular weight is 275 g/mol. The first-order valence-corrected chi connectivity index (χ1v) is 7.68. The van der Waals surface area contributed by atoms with Gasteiger partial charge in [-0.1, -0.05) is 38.1 Å². The molecule has 0 aliphatic heterocycles. The molecule has 1 aromatic carbocycles. The summed E-state index contributed by atoms with van der Waals surface area (Å²) in [7, 11) is 0. The summed E-state index contributed by atoms with van der Waals surface area (Å²) in [5, 5.41) is 9.15. The fraction of sp³-hybridized carbons (Fsp3) is 0.588. The summed E-state index contributed by atoms with van der Waals surface area (Å²) in [6.07, 6.45) is 4.49. The molecule has 1 saturated carbocycles. The van der Waals surface area contributed by atoms with E-state index in [1.165, 1.54) is 24.0 Å². The van der Waals surface area contributed by atoms with E-state index in [2.05, 4.69) is 43.0 Å². The normalized spacial score (nSPS) is 16.4. The van der Waals surface area contributed by atoms with Crippen LogP contribution in [0.1, 0.15) is 50.3 Å². The first kappa shape index (κ1) is 15.0. The Kier molecular flexibility index (Phi) is 5.18. The summed E-state index contributed by atoms with van der Waals surface area (Å²) in [6.45, 7) is 5.35. The van der Waals surface area contributed by atoms with Gasteiger partial charge in [-0.05, 0) is 42.7 Å². The monoisotopic (exact) mass is 275 g/mol. The minimum absolute atomic E-state index is 0.143. The van der Waals surface area contributed by atoms with Gasteiger partial charge in [-0.2, -0.15) is 0 Å². The Morgan fingerprint density at radius 2 is 1.95 bits per heavy atom. The fourth-order valence-electron chi connectivity index (χ4n) is 2.79. The summed E-state index contributed by atoms with van der Waals surface area (Å²) in [4.78, 5) is 13.3. The zero-order valence-electron chi connectivity index (χ0n) is 12.5. The second-order valence-corrected chi connectivity index (χ2v) is 5.79. The van der Waals surface area contributed by atoms with E-state index in [0.29, 0.717) is 5.92 Å². The van der Waals surface area contributed by atoms with Crippen LogP contribution in [-0.2, 0) is 11.2 Å². The van der Waals surface area contributed by atoms with Gasteiger partial charge >= 0.3 is 5.97 Å². The molecule has 1 aromatic rings. The number of benzene rings is 1. The van der Waals surface area contributed by atoms with E-state index in [4.69, 9.17) is 5.11 Å². The van der Waals surface area contributed by atoms with Gasteiger partial charge in [0.25, 0.3) is 0 Å². The summed E-state index contributed by atoms with van der Waals surface area (Å²) in [5.74, 6) is -0.0207. The molecule has 0 spiro atoms. The van der Waals surface area contributed by atoms with Gasteiger partial charge in [-0.3, -0.25) is 9.69 Å². The molecular formula is C17H25NO2. The number of aryl methyl sites for hydroxylation is 1. The van der Waals surface area contributed by atoms with E-state index >= 15 is 0 Å². The van der Waals surface area contributed by atoms with Crippen molar-refractivity contribution in [2.45, 2.75) is 45.6 Å². The van der Waals surface area contributed by atoms with Gasteiger partial charge in [0.2, 0.25) is 0 Å². The fourth-order valence-corrected chi connectivity index (χ4v) is 2.79. The number of hydrogen-bond acceptors (Lipinski definition) is 2. The molecule has 2 rings (SSSR count). The Morgan fingerprint density at radius 1 is 1.30 bits per heavy atom. The van der Waals surface area contributed by atoms with Crippen molar-refractivity contribution in [3.05, 3.63) is 35.4 Å². The van der Waals surface area contributed by atoms with Crippen molar-refractivity contribution in [1.29, 1.82) is 0 Å². The number of carbonyl (C=O) groups is 1. The van der Waals surface area contributed by atoms with Crippen LogP contribution in [0.2, 0.25) is 0 Å². The van der Waals surface area contributed by atoms with Crippen molar-refractivity contribution in [3.63, 3.8) is 0 Å². The second kappa shape index (κ2) is 6.89. The Morgan fingerprint density at radius 3 is 2.40 bits per heavy atom. The predicted octanol–water partition coefficient (Wildman–Crippen LogP) is 3.50. The Labute approximate surface area is 121 Å². The standard InChI is InChI=1S/C17H25NO2/c1-3-13-7-9-15(10-8-13)16(4-2)18(12-17(19)20)11-14-5-6-14/h7-10,14,16H,3-6,11-12H2,1-2H3,(H,19,20). The molecule has 20 heavy (non-hydrogen) atoms. The van der Waals surface area contributed by atoms with Gasteiger partial charge in [0.15, 0.2) is 0 Å². The Balaban J connectivity index is 2.13. The molecule has 1 unspecified atom stereocenters. The van der Waals surface area contributed by atoms with E-state index in [1.807, 2.05) is 0 Å². The minimum atomic E-state index is -0.728. The van der Waals surface area contributed by atoms with Crippen molar-refractivity contribution in [3.8, 4) is 0 Å². The third kappa shape index (κ3) is 4.07. The molecule has 0 heterocycles. The van der Waals surface area contributed by atoms with Gasteiger partial charge in [-0.25, -0.2) is 0 Å². The molecule has 0 bridgehead atoms. The van der Waals surface area contributed by atoms with Gasteiger partial charge in [-0.15, -0.1) is 0 Å². The maximum absolute atomic E-state index is 11.1. The number of nitrogens with zero attached hydrogens (tertiary/aromatic N) is 1. The molecule has 0 amide bonds. The number of carboxylic acid groups (broad SMARTS) is 1. The highest BCUT2D eigenvalue weighted by Gasteiger charge is 2.29. The van der Waals surface area contributed by atoms with E-state index in [9.17, 15) is 4.79 Å². The van der Waals surface area contributed by atoms with Crippen LogP contribution in [0.5, 0.6) is 0 Å². The zero-order valence-corrected chi connectivity index (χ0v) is 12.5. The molecule has 0 radical (unpaired) electrons. The molecule has 1 atom stereocenters. The van der Waals surface area contributed by atoms with Crippen molar-refractivity contribution in [1.82, 2.24) is 4.90 Å².